The second-order valence-electron chi connectivity index (χ2n) is 5.60. The second-order valence-corrected chi connectivity index (χ2v) is 5.60. The Balaban J connectivity index is 2.04. The summed E-state index contributed by atoms with van der Waals surface area (Å²) in [6, 6.07) is 12.8. The van der Waals surface area contributed by atoms with Gasteiger partial charge in [0.25, 0.3) is 0 Å². The van der Waals surface area contributed by atoms with E-state index in [0.717, 1.165) is 35.3 Å². The first-order chi connectivity index (χ1) is 9.72. The van der Waals surface area contributed by atoms with Gasteiger partial charge in [-0.15, -0.1) is 0 Å². The van der Waals surface area contributed by atoms with Crippen LogP contribution in [0.5, 0.6) is 0 Å². The van der Waals surface area contributed by atoms with E-state index in [2.05, 4.69) is 50.2 Å². The van der Waals surface area contributed by atoms with Crippen LogP contribution in [-0.4, -0.2) is 9.97 Å². The fraction of sp³-hybridized carbons (Fsp3) is 0.222. The summed E-state index contributed by atoms with van der Waals surface area (Å²) in [6.07, 6.45) is 2.05. The van der Waals surface area contributed by atoms with E-state index in [1.807, 2.05) is 0 Å². The zero-order valence-electron chi connectivity index (χ0n) is 11.8. The Morgan fingerprint density at radius 1 is 0.850 bits per heavy atom. The molecule has 0 atom stereocenters. The van der Waals surface area contributed by atoms with Gasteiger partial charge in [-0.1, -0.05) is 24.3 Å². The number of nitrogens with zero attached hydrogens (tertiary/aromatic N) is 2. The van der Waals surface area contributed by atoms with Gasteiger partial charge in [0, 0.05) is 5.56 Å². The minimum Gasteiger partial charge on any atom is -0.249 e. The monoisotopic (exact) mass is 260 g/mol. The van der Waals surface area contributed by atoms with Gasteiger partial charge in [0.15, 0.2) is 0 Å². The molecule has 20 heavy (non-hydrogen) atoms. The molecule has 1 heterocycles. The fourth-order valence-electron chi connectivity index (χ4n) is 2.96. The van der Waals surface area contributed by atoms with E-state index in [9.17, 15) is 0 Å². The van der Waals surface area contributed by atoms with Crippen molar-refractivity contribution >= 4 is 11.0 Å². The number of fused-ring (bicyclic) bond motifs is 4. The number of benzene rings is 2. The molecule has 3 aromatic rings. The van der Waals surface area contributed by atoms with Gasteiger partial charge in [-0.3, -0.25) is 0 Å². The molecule has 4 rings (SSSR count). The van der Waals surface area contributed by atoms with Gasteiger partial charge in [0.2, 0.25) is 0 Å². The van der Waals surface area contributed by atoms with Crippen LogP contribution >= 0.6 is 0 Å². The lowest BCUT2D eigenvalue weighted by molar-refractivity contribution is 0.892. The average molecular weight is 260 g/mol. The predicted octanol–water partition coefficient (Wildman–Crippen LogP) is 4.01. The maximum atomic E-state index is 4.90. The summed E-state index contributed by atoms with van der Waals surface area (Å²) in [4.78, 5) is 9.75. The minimum atomic E-state index is 0.988. The highest BCUT2D eigenvalue weighted by molar-refractivity contribution is 5.81. The van der Waals surface area contributed by atoms with E-state index in [0.29, 0.717) is 0 Å². The van der Waals surface area contributed by atoms with Crippen LogP contribution in [0.3, 0.4) is 0 Å². The summed E-state index contributed by atoms with van der Waals surface area (Å²) in [7, 11) is 0. The van der Waals surface area contributed by atoms with Crippen molar-refractivity contribution in [2.24, 2.45) is 0 Å². The molecule has 0 spiro atoms. The van der Waals surface area contributed by atoms with E-state index in [1.54, 1.807) is 0 Å². The first-order valence-corrected chi connectivity index (χ1v) is 7.08. The zero-order chi connectivity index (χ0) is 13.7. The molecule has 1 aliphatic rings. The van der Waals surface area contributed by atoms with Crippen LogP contribution in [0.15, 0.2) is 36.4 Å². The van der Waals surface area contributed by atoms with Gasteiger partial charge in [-0.25, -0.2) is 9.97 Å². The third-order valence-corrected chi connectivity index (χ3v) is 4.26. The quantitative estimate of drug-likeness (QED) is 0.610. The van der Waals surface area contributed by atoms with E-state index >= 15 is 0 Å². The summed E-state index contributed by atoms with van der Waals surface area (Å²) in [5.74, 6) is 0. The molecule has 0 N–H and O–H groups in total. The van der Waals surface area contributed by atoms with Gasteiger partial charge >= 0.3 is 0 Å². The topological polar surface area (TPSA) is 25.8 Å². The Kier molecular flexibility index (Phi) is 2.40. The van der Waals surface area contributed by atoms with Crippen LogP contribution in [-0.2, 0) is 12.8 Å². The lowest BCUT2D eigenvalue weighted by Gasteiger charge is -2.18. The molecule has 0 unspecified atom stereocenters. The number of aryl methyl sites for hydroxylation is 4. The van der Waals surface area contributed by atoms with Gasteiger partial charge in [-0.05, 0) is 55.5 Å². The highest BCUT2D eigenvalue weighted by atomic mass is 14.8. The molecule has 1 aliphatic carbocycles. The van der Waals surface area contributed by atoms with Gasteiger partial charge < -0.3 is 0 Å². The second kappa shape index (κ2) is 4.14. The molecule has 2 nitrogen and oxygen atoms in total. The third kappa shape index (κ3) is 1.64. The summed E-state index contributed by atoms with van der Waals surface area (Å²) in [6.45, 7) is 4.26. The Labute approximate surface area is 118 Å². The molecule has 2 heteroatoms. The summed E-state index contributed by atoms with van der Waals surface area (Å²) < 4.78 is 0. The van der Waals surface area contributed by atoms with Crippen molar-refractivity contribution in [2.75, 3.05) is 0 Å². The van der Waals surface area contributed by atoms with Crippen molar-refractivity contribution in [3.63, 3.8) is 0 Å². The van der Waals surface area contributed by atoms with Crippen LogP contribution in [0.2, 0.25) is 0 Å². The van der Waals surface area contributed by atoms with E-state index in [4.69, 9.17) is 9.97 Å². The van der Waals surface area contributed by atoms with E-state index < -0.39 is 0 Å². The maximum absolute atomic E-state index is 4.90. The van der Waals surface area contributed by atoms with Gasteiger partial charge in [-0.2, -0.15) is 0 Å². The van der Waals surface area contributed by atoms with Crippen molar-refractivity contribution in [3.8, 4) is 11.3 Å². The maximum Gasteiger partial charge on any atom is 0.0928 e. The van der Waals surface area contributed by atoms with E-state index in [-0.39, 0.29) is 0 Å². The first kappa shape index (κ1) is 11.6. The smallest absolute Gasteiger partial charge is 0.0928 e. The molecule has 0 radical (unpaired) electrons. The normalized spacial score (nSPS) is 13.1. The standard InChI is InChI=1S/C18H16N2/c1-11-9-16-17(10-12(11)2)20-18-14-6-4-3-5-13(14)7-8-15(18)19-16/h3-6,9-10H,7-8H2,1-2H3. The Morgan fingerprint density at radius 2 is 1.55 bits per heavy atom. The van der Waals surface area contributed by atoms with Crippen molar-refractivity contribution in [2.45, 2.75) is 26.7 Å². The Hall–Kier alpha value is -2.22. The highest BCUT2D eigenvalue weighted by Gasteiger charge is 2.19. The first-order valence-electron chi connectivity index (χ1n) is 7.08. The lowest BCUT2D eigenvalue weighted by atomic mass is 9.91. The molecule has 0 saturated heterocycles. The zero-order valence-corrected chi connectivity index (χ0v) is 11.8. The van der Waals surface area contributed by atoms with Crippen LogP contribution in [0.25, 0.3) is 22.3 Å². The average Bonchev–Trinajstić information content (AvgIpc) is 2.47. The highest BCUT2D eigenvalue weighted by Crippen LogP contribution is 2.32. The number of hydrogen-bond donors (Lipinski definition) is 0. The Morgan fingerprint density at radius 3 is 2.35 bits per heavy atom. The van der Waals surface area contributed by atoms with Crippen LogP contribution in [0, 0.1) is 13.8 Å². The summed E-state index contributed by atoms with van der Waals surface area (Å²) >= 11 is 0. The molecule has 98 valence electrons. The molecule has 0 fully saturated rings. The molecule has 0 amide bonds. The van der Waals surface area contributed by atoms with Gasteiger partial charge in [0.1, 0.15) is 0 Å². The van der Waals surface area contributed by atoms with Crippen LogP contribution in [0.1, 0.15) is 22.4 Å². The molecular weight excluding hydrogens is 244 g/mol. The minimum absolute atomic E-state index is 0.988. The van der Waals surface area contributed by atoms with Crippen molar-refractivity contribution < 1.29 is 0 Å². The number of rotatable bonds is 0. The van der Waals surface area contributed by atoms with E-state index in [1.165, 1.54) is 22.3 Å². The summed E-state index contributed by atoms with van der Waals surface area (Å²) in [5, 5.41) is 0. The molecule has 1 aromatic heterocycles. The Bertz CT molecular complexity index is 834. The van der Waals surface area contributed by atoms with Gasteiger partial charge in [0.05, 0.1) is 22.4 Å². The van der Waals surface area contributed by atoms with Crippen LogP contribution in [0.4, 0.5) is 0 Å². The molecule has 0 aliphatic heterocycles. The van der Waals surface area contributed by atoms with Crippen LogP contribution < -0.4 is 0 Å². The molecule has 0 bridgehead atoms. The SMILES string of the molecule is Cc1cc2nc3c(nc2cc1C)-c1ccccc1CC3. The molecule has 0 saturated carbocycles. The number of hydrogen-bond acceptors (Lipinski definition) is 2. The largest absolute Gasteiger partial charge is 0.249 e. The lowest BCUT2D eigenvalue weighted by Crippen LogP contribution is -2.08. The fourth-order valence-corrected chi connectivity index (χ4v) is 2.96. The molecular formula is C18H16N2. The van der Waals surface area contributed by atoms with Crippen molar-refractivity contribution in [1.29, 1.82) is 0 Å². The van der Waals surface area contributed by atoms with Crippen molar-refractivity contribution in [1.82, 2.24) is 9.97 Å². The number of aromatic nitrogens is 2. The van der Waals surface area contributed by atoms with Crippen molar-refractivity contribution in [3.05, 3.63) is 58.8 Å². The summed E-state index contributed by atoms with van der Waals surface area (Å²) in [5.41, 5.74) is 9.43. The third-order valence-electron chi connectivity index (χ3n) is 4.26. The molecule has 2 aromatic carbocycles. The predicted molar refractivity (Wildman–Crippen MR) is 81.9 cm³/mol.